The molecule has 3 heteroatoms. The summed E-state index contributed by atoms with van der Waals surface area (Å²) < 4.78 is 32.1. The van der Waals surface area contributed by atoms with Crippen LogP contribution in [-0.4, -0.2) is 0 Å². The van der Waals surface area contributed by atoms with Gasteiger partial charge < -0.3 is 4.74 Å². The van der Waals surface area contributed by atoms with Crippen LogP contribution < -0.4 is 4.74 Å². The molecule has 0 saturated heterocycles. The van der Waals surface area contributed by atoms with E-state index < -0.39 is 11.6 Å². The molecule has 0 unspecified atom stereocenters. The summed E-state index contributed by atoms with van der Waals surface area (Å²) in [5.74, 6) is -0.733. The predicted molar refractivity (Wildman–Crippen MR) is 67.0 cm³/mol. The molecule has 0 N–H and O–H groups in total. The molecule has 0 bridgehead atoms. The third-order valence-electron chi connectivity index (χ3n) is 2.65. The smallest absolute Gasteiger partial charge is 0.162 e. The molecule has 0 aromatic heterocycles. The van der Waals surface area contributed by atoms with E-state index in [1.807, 2.05) is 32.0 Å². The monoisotopic (exact) mass is 248 g/mol. The standard InChI is InChI=1S/C15H14F2O/c1-10(2)12-8-13(16)14(17)9-15(12)18-11-6-4-3-5-7-11/h3-10H,1-2H3. The fraction of sp³-hybridized carbons (Fsp3) is 0.200. The van der Waals surface area contributed by atoms with Gasteiger partial charge in [0.25, 0.3) is 0 Å². The van der Waals surface area contributed by atoms with Gasteiger partial charge in [0.2, 0.25) is 0 Å². The van der Waals surface area contributed by atoms with Gasteiger partial charge in [-0.05, 0) is 24.1 Å². The van der Waals surface area contributed by atoms with Gasteiger partial charge in [-0.2, -0.15) is 0 Å². The number of rotatable bonds is 3. The Labute approximate surface area is 105 Å². The van der Waals surface area contributed by atoms with Gasteiger partial charge in [-0.15, -0.1) is 0 Å². The van der Waals surface area contributed by atoms with E-state index >= 15 is 0 Å². The van der Waals surface area contributed by atoms with Crippen molar-refractivity contribution in [3.63, 3.8) is 0 Å². The second-order valence-corrected chi connectivity index (χ2v) is 4.37. The summed E-state index contributed by atoms with van der Waals surface area (Å²) in [7, 11) is 0. The maximum absolute atomic E-state index is 13.3. The van der Waals surface area contributed by atoms with E-state index in [1.165, 1.54) is 6.07 Å². The highest BCUT2D eigenvalue weighted by Gasteiger charge is 2.14. The van der Waals surface area contributed by atoms with Crippen LogP contribution in [0.3, 0.4) is 0 Å². The minimum absolute atomic E-state index is 0.0545. The molecule has 0 aliphatic heterocycles. The van der Waals surface area contributed by atoms with Crippen LogP contribution in [0, 0.1) is 11.6 Å². The van der Waals surface area contributed by atoms with Gasteiger partial charge in [-0.3, -0.25) is 0 Å². The quantitative estimate of drug-likeness (QED) is 0.752. The fourth-order valence-corrected chi connectivity index (χ4v) is 1.70. The van der Waals surface area contributed by atoms with Crippen LogP contribution in [0.1, 0.15) is 25.3 Å². The van der Waals surface area contributed by atoms with Gasteiger partial charge in [0.05, 0.1) is 0 Å². The van der Waals surface area contributed by atoms with Gasteiger partial charge in [0, 0.05) is 11.6 Å². The molecular formula is C15H14F2O. The number of hydrogen-bond donors (Lipinski definition) is 0. The summed E-state index contributed by atoms with van der Waals surface area (Å²) in [6.07, 6.45) is 0. The lowest BCUT2D eigenvalue weighted by atomic mass is 10.0. The van der Waals surface area contributed by atoms with E-state index in [-0.39, 0.29) is 5.92 Å². The van der Waals surface area contributed by atoms with Crippen LogP contribution in [0.15, 0.2) is 42.5 Å². The molecule has 0 aliphatic carbocycles. The molecular weight excluding hydrogens is 234 g/mol. The molecule has 2 rings (SSSR count). The maximum Gasteiger partial charge on any atom is 0.162 e. The average Bonchev–Trinajstić information content (AvgIpc) is 2.34. The summed E-state index contributed by atoms with van der Waals surface area (Å²) >= 11 is 0. The molecule has 0 radical (unpaired) electrons. The lowest BCUT2D eigenvalue weighted by Crippen LogP contribution is -1.97. The third-order valence-corrected chi connectivity index (χ3v) is 2.65. The van der Waals surface area contributed by atoms with Crippen LogP contribution in [0.5, 0.6) is 11.5 Å². The van der Waals surface area contributed by atoms with Crippen molar-refractivity contribution in [3.8, 4) is 11.5 Å². The molecule has 94 valence electrons. The Hall–Kier alpha value is -1.90. The Bertz CT molecular complexity index is 536. The predicted octanol–water partition coefficient (Wildman–Crippen LogP) is 4.88. The molecule has 2 aromatic carbocycles. The van der Waals surface area contributed by atoms with E-state index in [0.29, 0.717) is 17.1 Å². The Kier molecular flexibility index (Phi) is 3.60. The van der Waals surface area contributed by atoms with E-state index in [9.17, 15) is 8.78 Å². The normalized spacial score (nSPS) is 10.7. The first-order valence-corrected chi connectivity index (χ1v) is 5.79. The lowest BCUT2D eigenvalue weighted by Gasteiger charge is -2.14. The SMILES string of the molecule is CC(C)c1cc(F)c(F)cc1Oc1ccccc1. The number of hydrogen-bond acceptors (Lipinski definition) is 1. The zero-order chi connectivity index (χ0) is 13.1. The molecule has 0 atom stereocenters. The van der Waals surface area contributed by atoms with E-state index in [0.717, 1.165) is 6.07 Å². The van der Waals surface area contributed by atoms with Crippen molar-refractivity contribution in [3.05, 3.63) is 59.7 Å². The second kappa shape index (κ2) is 5.17. The molecule has 0 heterocycles. The first-order chi connectivity index (χ1) is 8.58. The molecule has 0 spiro atoms. The number of halogens is 2. The van der Waals surface area contributed by atoms with Crippen LogP contribution in [-0.2, 0) is 0 Å². The molecule has 2 aromatic rings. The maximum atomic E-state index is 13.3. The van der Waals surface area contributed by atoms with E-state index in [4.69, 9.17) is 4.74 Å². The first kappa shape index (κ1) is 12.6. The van der Waals surface area contributed by atoms with Crippen molar-refractivity contribution < 1.29 is 13.5 Å². The molecule has 0 amide bonds. The van der Waals surface area contributed by atoms with Gasteiger partial charge in [-0.1, -0.05) is 32.0 Å². The highest BCUT2D eigenvalue weighted by atomic mass is 19.2. The Morgan fingerprint density at radius 3 is 2.17 bits per heavy atom. The van der Waals surface area contributed by atoms with Crippen molar-refractivity contribution >= 4 is 0 Å². The zero-order valence-electron chi connectivity index (χ0n) is 10.3. The highest BCUT2D eigenvalue weighted by molar-refractivity contribution is 5.40. The largest absolute Gasteiger partial charge is 0.457 e. The summed E-state index contributed by atoms with van der Waals surface area (Å²) in [5, 5.41) is 0. The van der Waals surface area contributed by atoms with Crippen LogP contribution in [0.4, 0.5) is 8.78 Å². The fourth-order valence-electron chi connectivity index (χ4n) is 1.70. The van der Waals surface area contributed by atoms with Crippen LogP contribution >= 0.6 is 0 Å². The summed E-state index contributed by atoms with van der Waals surface area (Å²) in [6, 6.07) is 11.3. The molecule has 0 saturated carbocycles. The number of ether oxygens (including phenoxy) is 1. The third kappa shape index (κ3) is 2.67. The van der Waals surface area contributed by atoms with Crippen LogP contribution in [0.25, 0.3) is 0 Å². The van der Waals surface area contributed by atoms with Crippen molar-refractivity contribution in [2.75, 3.05) is 0 Å². The molecule has 18 heavy (non-hydrogen) atoms. The average molecular weight is 248 g/mol. The van der Waals surface area contributed by atoms with E-state index in [1.54, 1.807) is 12.1 Å². The summed E-state index contributed by atoms with van der Waals surface area (Å²) in [6.45, 7) is 3.81. The van der Waals surface area contributed by atoms with Gasteiger partial charge in [0.1, 0.15) is 11.5 Å². The minimum atomic E-state index is -0.898. The number of para-hydroxylation sites is 1. The van der Waals surface area contributed by atoms with Gasteiger partial charge >= 0.3 is 0 Å². The first-order valence-electron chi connectivity index (χ1n) is 5.79. The highest BCUT2D eigenvalue weighted by Crippen LogP contribution is 2.32. The Balaban J connectivity index is 2.40. The molecule has 0 aliphatic rings. The second-order valence-electron chi connectivity index (χ2n) is 4.37. The van der Waals surface area contributed by atoms with E-state index in [2.05, 4.69) is 0 Å². The Morgan fingerprint density at radius 1 is 0.944 bits per heavy atom. The number of benzene rings is 2. The minimum Gasteiger partial charge on any atom is -0.457 e. The molecule has 0 fully saturated rings. The zero-order valence-corrected chi connectivity index (χ0v) is 10.3. The topological polar surface area (TPSA) is 9.23 Å². The van der Waals surface area contributed by atoms with Crippen molar-refractivity contribution in [1.29, 1.82) is 0 Å². The van der Waals surface area contributed by atoms with Crippen LogP contribution in [0.2, 0.25) is 0 Å². The summed E-state index contributed by atoms with van der Waals surface area (Å²) in [5.41, 5.74) is 0.651. The van der Waals surface area contributed by atoms with Gasteiger partial charge in [0.15, 0.2) is 11.6 Å². The van der Waals surface area contributed by atoms with Crippen molar-refractivity contribution in [1.82, 2.24) is 0 Å². The summed E-state index contributed by atoms with van der Waals surface area (Å²) in [4.78, 5) is 0. The Morgan fingerprint density at radius 2 is 1.56 bits per heavy atom. The van der Waals surface area contributed by atoms with Crippen molar-refractivity contribution in [2.45, 2.75) is 19.8 Å². The van der Waals surface area contributed by atoms with Gasteiger partial charge in [-0.25, -0.2) is 8.78 Å². The van der Waals surface area contributed by atoms with Crippen molar-refractivity contribution in [2.24, 2.45) is 0 Å². The molecule has 1 nitrogen and oxygen atoms in total. The lowest BCUT2D eigenvalue weighted by molar-refractivity contribution is 0.452.